The quantitative estimate of drug-likeness (QED) is 0.746. The molecule has 1 aliphatic carbocycles. The number of carboxylic acids is 1. The van der Waals surface area contributed by atoms with E-state index in [4.69, 9.17) is 10.8 Å². The lowest BCUT2D eigenvalue weighted by atomic mass is 10.0. The molecule has 0 amide bonds. The number of aryl methyl sites for hydroxylation is 1. The molecule has 0 spiro atoms. The van der Waals surface area contributed by atoms with E-state index in [9.17, 15) is 4.79 Å². The van der Waals surface area contributed by atoms with Crippen molar-refractivity contribution in [3.8, 4) is 0 Å². The molecule has 2 unspecified atom stereocenters. The second-order valence-corrected chi connectivity index (χ2v) is 5.30. The Morgan fingerprint density at radius 1 is 1.75 bits per heavy atom. The third-order valence-corrected chi connectivity index (χ3v) is 4.08. The van der Waals surface area contributed by atoms with Gasteiger partial charge in [0.05, 0.1) is 0 Å². The average Bonchev–Trinajstić information content (AvgIpc) is 2.77. The minimum absolute atomic E-state index is 0.172. The van der Waals surface area contributed by atoms with Gasteiger partial charge >= 0.3 is 5.97 Å². The molecule has 8 heteroatoms. The van der Waals surface area contributed by atoms with Crippen LogP contribution in [-0.2, 0) is 11.8 Å². The molecule has 2 atom stereocenters. The summed E-state index contributed by atoms with van der Waals surface area (Å²) in [6, 6.07) is 0. The van der Waals surface area contributed by atoms with Gasteiger partial charge < -0.3 is 10.8 Å². The van der Waals surface area contributed by atoms with E-state index in [2.05, 4.69) is 15.5 Å². The van der Waals surface area contributed by atoms with Crippen molar-refractivity contribution in [2.24, 2.45) is 12.8 Å². The summed E-state index contributed by atoms with van der Waals surface area (Å²) in [6.07, 6.45) is 1.74. The maximum atomic E-state index is 11.0. The summed E-state index contributed by atoms with van der Waals surface area (Å²) in [6.45, 7) is 0. The summed E-state index contributed by atoms with van der Waals surface area (Å²) in [5.41, 5.74) is 4.71. The molecule has 16 heavy (non-hydrogen) atoms. The Labute approximate surface area is 96.4 Å². The van der Waals surface area contributed by atoms with Gasteiger partial charge in [-0.3, -0.25) is 4.79 Å². The lowest BCUT2D eigenvalue weighted by Crippen LogP contribution is -2.45. The van der Waals surface area contributed by atoms with Gasteiger partial charge in [-0.2, -0.15) is 0 Å². The number of hydrogen-bond acceptors (Lipinski definition) is 6. The van der Waals surface area contributed by atoms with Crippen LogP contribution in [0.4, 0.5) is 0 Å². The highest BCUT2D eigenvalue weighted by atomic mass is 32.2. The first-order valence-corrected chi connectivity index (χ1v) is 5.80. The van der Waals surface area contributed by atoms with Gasteiger partial charge in [-0.05, 0) is 29.7 Å². The average molecular weight is 243 g/mol. The number of nitrogens with zero attached hydrogens (tertiary/aromatic N) is 4. The van der Waals surface area contributed by atoms with E-state index >= 15 is 0 Å². The fraction of sp³-hybridized carbons (Fsp3) is 0.750. The predicted octanol–water partition coefficient (Wildman–Crippen LogP) is -0.363. The summed E-state index contributed by atoms with van der Waals surface area (Å²) in [4.78, 5) is 11.0. The van der Waals surface area contributed by atoms with Crippen LogP contribution in [0.2, 0.25) is 0 Å². The Balaban J connectivity index is 2.00. The Bertz CT molecular complexity index is 409. The summed E-state index contributed by atoms with van der Waals surface area (Å²) < 4.78 is 1.57. The molecule has 0 saturated heterocycles. The largest absolute Gasteiger partial charge is 0.480 e. The number of tetrazole rings is 1. The van der Waals surface area contributed by atoms with Crippen LogP contribution in [0.15, 0.2) is 5.16 Å². The van der Waals surface area contributed by atoms with Crippen molar-refractivity contribution >= 4 is 17.7 Å². The van der Waals surface area contributed by atoms with Gasteiger partial charge in [-0.1, -0.05) is 11.8 Å². The summed E-state index contributed by atoms with van der Waals surface area (Å²) in [5.74, 6) is -0.924. The number of carboxylic acid groups (broad SMARTS) is 1. The molecule has 0 radical (unpaired) electrons. The number of thioether (sulfide) groups is 1. The first-order chi connectivity index (χ1) is 7.51. The van der Waals surface area contributed by atoms with Gasteiger partial charge in [0.15, 0.2) is 0 Å². The number of hydrogen-bond donors (Lipinski definition) is 2. The lowest BCUT2D eigenvalue weighted by Gasteiger charge is -2.17. The maximum Gasteiger partial charge on any atom is 0.323 e. The van der Waals surface area contributed by atoms with Crippen molar-refractivity contribution in [1.29, 1.82) is 0 Å². The zero-order chi connectivity index (χ0) is 11.8. The molecule has 7 nitrogen and oxygen atoms in total. The Hall–Kier alpha value is -1.15. The van der Waals surface area contributed by atoms with Crippen LogP contribution in [0.5, 0.6) is 0 Å². The van der Waals surface area contributed by atoms with Crippen molar-refractivity contribution in [2.45, 2.75) is 35.2 Å². The fourth-order valence-corrected chi connectivity index (χ4v) is 2.98. The number of carbonyl (C=O) groups is 1. The van der Waals surface area contributed by atoms with Crippen molar-refractivity contribution in [3.05, 3.63) is 0 Å². The standard InChI is InChI=1S/C8H13N5O2S/c1-13-7(10-11-12-13)16-5-2-3-8(9,4-5)6(14)15/h5H,2-4,9H2,1H3,(H,14,15). The smallest absolute Gasteiger partial charge is 0.323 e. The highest BCUT2D eigenvalue weighted by Crippen LogP contribution is 2.38. The highest BCUT2D eigenvalue weighted by Gasteiger charge is 2.42. The zero-order valence-electron chi connectivity index (χ0n) is 8.83. The Morgan fingerprint density at radius 3 is 3.00 bits per heavy atom. The van der Waals surface area contributed by atoms with E-state index in [0.29, 0.717) is 18.0 Å². The minimum atomic E-state index is -1.08. The molecule has 1 saturated carbocycles. The molecule has 1 aliphatic rings. The SMILES string of the molecule is Cn1nnnc1SC1CCC(N)(C(=O)O)C1. The number of aromatic nitrogens is 4. The molecular weight excluding hydrogens is 230 g/mol. The topological polar surface area (TPSA) is 107 Å². The van der Waals surface area contributed by atoms with Crippen molar-refractivity contribution in [2.75, 3.05) is 0 Å². The summed E-state index contributed by atoms with van der Waals surface area (Å²) in [5, 5.41) is 21.0. The molecule has 0 bridgehead atoms. The predicted molar refractivity (Wildman–Crippen MR) is 56.8 cm³/mol. The molecular formula is C8H13N5O2S. The summed E-state index contributed by atoms with van der Waals surface area (Å²) >= 11 is 1.49. The van der Waals surface area contributed by atoms with E-state index in [0.717, 1.165) is 6.42 Å². The second-order valence-electron chi connectivity index (χ2n) is 4.03. The monoisotopic (exact) mass is 243 g/mol. The third kappa shape index (κ3) is 2.03. The van der Waals surface area contributed by atoms with E-state index in [1.165, 1.54) is 11.8 Å². The molecule has 1 fully saturated rings. The van der Waals surface area contributed by atoms with E-state index < -0.39 is 11.5 Å². The molecule has 3 N–H and O–H groups in total. The van der Waals surface area contributed by atoms with Crippen LogP contribution < -0.4 is 5.73 Å². The zero-order valence-corrected chi connectivity index (χ0v) is 9.65. The van der Waals surface area contributed by atoms with Crippen LogP contribution in [0.25, 0.3) is 0 Å². The number of aliphatic carboxylic acids is 1. The highest BCUT2D eigenvalue weighted by molar-refractivity contribution is 7.99. The lowest BCUT2D eigenvalue weighted by molar-refractivity contribution is -0.143. The van der Waals surface area contributed by atoms with E-state index in [1.54, 1.807) is 11.7 Å². The minimum Gasteiger partial charge on any atom is -0.480 e. The van der Waals surface area contributed by atoms with Crippen molar-refractivity contribution < 1.29 is 9.90 Å². The number of nitrogens with two attached hydrogens (primary N) is 1. The van der Waals surface area contributed by atoms with Crippen molar-refractivity contribution in [3.63, 3.8) is 0 Å². The van der Waals surface area contributed by atoms with Crippen LogP contribution in [-0.4, -0.2) is 42.1 Å². The van der Waals surface area contributed by atoms with Gasteiger partial charge in [0.2, 0.25) is 5.16 Å². The first-order valence-electron chi connectivity index (χ1n) is 4.92. The second kappa shape index (κ2) is 4.02. The van der Waals surface area contributed by atoms with E-state index in [1.807, 2.05) is 0 Å². The van der Waals surface area contributed by atoms with Crippen molar-refractivity contribution in [1.82, 2.24) is 20.2 Å². The van der Waals surface area contributed by atoms with Crippen LogP contribution in [0.1, 0.15) is 19.3 Å². The van der Waals surface area contributed by atoms with Gasteiger partial charge in [-0.15, -0.1) is 5.10 Å². The molecule has 0 aromatic carbocycles. The van der Waals surface area contributed by atoms with Crippen LogP contribution >= 0.6 is 11.8 Å². The first kappa shape index (κ1) is 11.3. The normalized spacial score (nSPS) is 29.5. The number of rotatable bonds is 3. The Morgan fingerprint density at radius 2 is 2.50 bits per heavy atom. The molecule has 1 aromatic heterocycles. The Kier molecular flexibility index (Phi) is 2.85. The van der Waals surface area contributed by atoms with Crippen LogP contribution in [0.3, 0.4) is 0 Å². The van der Waals surface area contributed by atoms with Gasteiger partial charge in [0.25, 0.3) is 0 Å². The van der Waals surface area contributed by atoms with E-state index in [-0.39, 0.29) is 5.25 Å². The molecule has 2 rings (SSSR count). The molecule has 1 heterocycles. The van der Waals surface area contributed by atoms with Gasteiger partial charge in [-0.25, -0.2) is 4.68 Å². The van der Waals surface area contributed by atoms with Gasteiger partial charge in [0, 0.05) is 12.3 Å². The maximum absolute atomic E-state index is 11.0. The van der Waals surface area contributed by atoms with Gasteiger partial charge in [0.1, 0.15) is 5.54 Å². The summed E-state index contributed by atoms with van der Waals surface area (Å²) in [7, 11) is 1.75. The molecule has 88 valence electrons. The molecule has 0 aliphatic heterocycles. The third-order valence-electron chi connectivity index (χ3n) is 2.78. The van der Waals surface area contributed by atoms with Crippen LogP contribution in [0, 0.1) is 0 Å². The molecule has 1 aromatic rings. The fourth-order valence-electron chi connectivity index (χ4n) is 1.79.